The minimum atomic E-state index is -1.36. The van der Waals surface area contributed by atoms with Gasteiger partial charge in [0.1, 0.15) is 29.8 Å². The van der Waals surface area contributed by atoms with E-state index in [1.165, 1.54) is 11.0 Å². The molecule has 1 saturated carbocycles. The second-order valence-corrected chi connectivity index (χ2v) is 14.1. The molecular formula is C37H54N4O9. The Morgan fingerprint density at radius 1 is 1.02 bits per heavy atom. The lowest BCUT2D eigenvalue weighted by Gasteiger charge is -2.48. The van der Waals surface area contributed by atoms with Gasteiger partial charge in [-0.1, -0.05) is 63.8 Å². The number of carbonyl (C=O) groups is 4. The predicted octanol–water partition coefficient (Wildman–Crippen LogP) is 2.84. The molecule has 3 heterocycles. The normalized spacial score (nSPS) is 27.9. The zero-order chi connectivity index (χ0) is 35.9. The summed E-state index contributed by atoms with van der Waals surface area (Å²) in [6.45, 7) is 4.45. The largest absolute Gasteiger partial charge is 0.458 e. The smallest absolute Gasteiger partial charge is 0.327 e. The van der Waals surface area contributed by atoms with Gasteiger partial charge in [-0.2, -0.15) is 5.06 Å². The Hall–Kier alpha value is -3.36. The molecule has 0 radical (unpaired) electrons. The minimum absolute atomic E-state index is 0.00979. The van der Waals surface area contributed by atoms with Crippen LogP contribution in [0.4, 0.5) is 0 Å². The van der Waals surface area contributed by atoms with Crippen LogP contribution in [-0.4, -0.2) is 109 Å². The van der Waals surface area contributed by atoms with Crippen molar-refractivity contribution in [2.75, 3.05) is 33.8 Å². The van der Waals surface area contributed by atoms with Gasteiger partial charge in [0.15, 0.2) is 11.8 Å². The number of nitrogens with zero attached hydrogens (tertiary/aromatic N) is 2. The van der Waals surface area contributed by atoms with Crippen molar-refractivity contribution in [1.29, 1.82) is 0 Å². The van der Waals surface area contributed by atoms with Gasteiger partial charge in [0.2, 0.25) is 17.7 Å². The molecule has 13 heteroatoms. The molecular weight excluding hydrogens is 644 g/mol. The number of aliphatic hydroxyl groups excluding tert-OH is 1. The van der Waals surface area contributed by atoms with Crippen molar-refractivity contribution in [2.45, 2.75) is 121 Å². The number of ether oxygens (including phenoxy) is 3. The van der Waals surface area contributed by atoms with Crippen molar-refractivity contribution >= 4 is 29.8 Å². The van der Waals surface area contributed by atoms with E-state index >= 15 is 0 Å². The van der Waals surface area contributed by atoms with Crippen LogP contribution in [0.25, 0.3) is 6.08 Å². The molecule has 3 amide bonds. The summed E-state index contributed by atoms with van der Waals surface area (Å²) in [4.78, 5) is 61.0. The van der Waals surface area contributed by atoms with Gasteiger partial charge in [-0.25, -0.2) is 0 Å². The molecule has 1 aromatic carbocycles. The van der Waals surface area contributed by atoms with E-state index in [1.807, 2.05) is 24.3 Å². The molecule has 1 aliphatic carbocycles. The number of likely N-dealkylation sites (N-methyl/N-ethyl adjacent to an activating group) is 1. The van der Waals surface area contributed by atoms with Crippen molar-refractivity contribution in [3.8, 4) is 0 Å². The van der Waals surface area contributed by atoms with E-state index in [0.29, 0.717) is 12.8 Å². The molecule has 3 saturated heterocycles. The van der Waals surface area contributed by atoms with Crippen molar-refractivity contribution in [1.82, 2.24) is 20.6 Å². The number of fused-ring (bicyclic) bond motifs is 4. The molecule has 5 rings (SSSR count). The Labute approximate surface area is 294 Å². The van der Waals surface area contributed by atoms with Gasteiger partial charge in [0.05, 0.1) is 13.2 Å². The predicted molar refractivity (Wildman–Crippen MR) is 184 cm³/mol. The highest BCUT2D eigenvalue weighted by Crippen LogP contribution is 2.58. The number of carbonyl (C=O) groups excluding carboxylic acids is 4. The van der Waals surface area contributed by atoms with Gasteiger partial charge in [0, 0.05) is 58.9 Å². The highest BCUT2D eigenvalue weighted by atomic mass is 16.8. The number of esters is 1. The number of benzene rings is 1. The van der Waals surface area contributed by atoms with Crippen molar-refractivity contribution < 1.29 is 43.3 Å². The van der Waals surface area contributed by atoms with E-state index in [4.69, 9.17) is 24.2 Å². The summed E-state index contributed by atoms with van der Waals surface area (Å²) < 4.78 is 19.8. The topological polar surface area (TPSA) is 156 Å². The molecule has 276 valence electrons. The first-order chi connectivity index (χ1) is 24.1. The van der Waals surface area contributed by atoms with Crippen LogP contribution >= 0.6 is 0 Å². The lowest BCUT2D eigenvalue weighted by atomic mass is 9.62. The average Bonchev–Trinajstić information content (AvgIpc) is 3.65. The lowest BCUT2D eigenvalue weighted by molar-refractivity contribution is -0.224. The van der Waals surface area contributed by atoms with Gasteiger partial charge < -0.3 is 34.9 Å². The third-order valence-corrected chi connectivity index (χ3v) is 10.2. The third-order valence-electron chi connectivity index (χ3n) is 10.2. The van der Waals surface area contributed by atoms with Crippen LogP contribution in [0.1, 0.15) is 89.2 Å². The van der Waals surface area contributed by atoms with Crippen molar-refractivity contribution in [2.24, 2.45) is 5.41 Å². The summed E-state index contributed by atoms with van der Waals surface area (Å²) in [6.07, 6.45) is 7.98. The summed E-state index contributed by atoms with van der Waals surface area (Å²) in [5.74, 6) is -2.29. The zero-order valence-corrected chi connectivity index (χ0v) is 29.9. The summed E-state index contributed by atoms with van der Waals surface area (Å²) >= 11 is 0. The Morgan fingerprint density at radius 3 is 2.42 bits per heavy atom. The first-order valence-corrected chi connectivity index (χ1v) is 18.2. The molecule has 0 spiro atoms. The van der Waals surface area contributed by atoms with Gasteiger partial charge in [-0.3, -0.25) is 24.0 Å². The summed E-state index contributed by atoms with van der Waals surface area (Å²) in [7, 11) is 3.37. The van der Waals surface area contributed by atoms with Crippen LogP contribution in [0, 0.1) is 5.41 Å². The maximum Gasteiger partial charge on any atom is 0.327 e. The number of rotatable bonds is 18. The fourth-order valence-corrected chi connectivity index (χ4v) is 7.73. The van der Waals surface area contributed by atoms with Crippen LogP contribution in [-0.2, 0) is 44.8 Å². The van der Waals surface area contributed by atoms with E-state index in [1.54, 1.807) is 25.2 Å². The van der Waals surface area contributed by atoms with Crippen LogP contribution < -0.4 is 10.6 Å². The van der Waals surface area contributed by atoms with Crippen LogP contribution in [0.15, 0.2) is 30.3 Å². The molecule has 4 aliphatic rings. The number of hydrogen-bond donors (Lipinski definition) is 3. The minimum Gasteiger partial charge on any atom is -0.458 e. The van der Waals surface area contributed by atoms with Crippen LogP contribution in [0.5, 0.6) is 0 Å². The maximum atomic E-state index is 14.4. The van der Waals surface area contributed by atoms with Crippen molar-refractivity contribution in [3.05, 3.63) is 41.5 Å². The molecule has 0 aromatic heterocycles. The van der Waals surface area contributed by atoms with E-state index < -0.39 is 53.5 Å². The Bertz CT molecular complexity index is 1390. The SMILES string of the molecule is CCCCCC1(CCCCC)O[C@@H]2[C@H](O1)[C@H]1ON(Cc3cccc(C=CC(=O)N(C)C)c3)[C@@H]3C(=O)O[C@@H]2C[C@]13C(=O)NCCC(=O)NCCO. The van der Waals surface area contributed by atoms with Crippen molar-refractivity contribution in [3.63, 3.8) is 0 Å². The highest BCUT2D eigenvalue weighted by molar-refractivity contribution is 5.94. The second kappa shape index (κ2) is 16.8. The second-order valence-electron chi connectivity index (χ2n) is 14.1. The Balaban J connectivity index is 1.45. The van der Waals surface area contributed by atoms with E-state index in [9.17, 15) is 19.2 Å². The average molecular weight is 699 g/mol. The lowest BCUT2D eigenvalue weighted by Crippen LogP contribution is -2.69. The summed E-state index contributed by atoms with van der Waals surface area (Å²) in [6, 6.07) is 6.48. The number of hydrogen-bond acceptors (Lipinski definition) is 10. The summed E-state index contributed by atoms with van der Waals surface area (Å²) in [5, 5.41) is 16.1. The monoisotopic (exact) mass is 698 g/mol. The fourth-order valence-electron chi connectivity index (χ4n) is 7.73. The molecule has 50 heavy (non-hydrogen) atoms. The fraction of sp³-hybridized carbons (Fsp3) is 0.676. The molecule has 6 atom stereocenters. The third kappa shape index (κ3) is 8.07. The molecule has 4 fully saturated rings. The molecule has 3 aliphatic heterocycles. The number of amides is 3. The summed E-state index contributed by atoms with van der Waals surface area (Å²) in [5.41, 5.74) is 0.247. The first kappa shape index (κ1) is 37.9. The molecule has 1 aromatic rings. The highest BCUT2D eigenvalue weighted by Gasteiger charge is 2.76. The van der Waals surface area contributed by atoms with Gasteiger partial charge in [-0.05, 0) is 30.0 Å². The maximum absolute atomic E-state index is 14.4. The van der Waals surface area contributed by atoms with Gasteiger partial charge in [0.25, 0.3) is 0 Å². The number of unbranched alkanes of at least 4 members (excludes halogenated alkanes) is 4. The molecule has 0 unspecified atom stereocenters. The number of hydroxylamine groups is 2. The van der Waals surface area contributed by atoms with E-state index in [2.05, 4.69) is 24.5 Å². The molecule has 2 bridgehead atoms. The molecule has 3 N–H and O–H groups in total. The quantitative estimate of drug-likeness (QED) is 0.118. The standard InChI is InChI=1S/C37H54N4O9/c1-5-7-9-17-36(18-10-8-6-2)48-30-27-23-37(35(46)39-19-16-28(43)38-20-21-42)32(34(45)47-27)41(50-33(37)31(30)49-36)24-26-13-11-12-25(22-26)14-15-29(44)40(3)4/h11-15,22,27,30-33,42H,5-10,16-21,23-24H2,1-4H3,(H,38,43)(H,39,46)/t27-,30+,31+,32-,33-,37-/m1/s1. The Kier molecular flexibility index (Phi) is 12.7. The van der Waals surface area contributed by atoms with E-state index in [-0.39, 0.29) is 50.9 Å². The molecule has 13 nitrogen and oxygen atoms in total. The van der Waals surface area contributed by atoms with Gasteiger partial charge >= 0.3 is 5.97 Å². The number of aliphatic hydroxyl groups is 1. The van der Waals surface area contributed by atoms with Crippen LogP contribution in [0.2, 0.25) is 0 Å². The number of nitrogens with one attached hydrogen (secondary N) is 2. The van der Waals surface area contributed by atoms with Gasteiger partial charge in [-0.15, -0.1) is 0 Å². The Morgan fingerprint density at radius 2 is 1.74 bits per heavy atom. The zero-order valence-electron chi connectivity index (χ0n) is 29.9. The van der Waals surface area contributed by atoms with E-state index in [0.717, 1.165) is 49.7 Å². The first-order valence-electron chi connectivity index (χ1n) is 18.2. The van der Waals surface area contributed by atoms with Crippen LogP contribution in [0.3, 0.4) is 0 Å².